The second-order valence-electron chi connectivity index (χ2n) is 5.93. The Morgan fingerprint density at radius 3 is 3.05 bits per heavy atom. The highest BCUT2D eigenvalue weighted by Gasteiger charge is 2.26. The summed E-state index contributed by atoms with van der Waals surface area (Å²) in [5.41, 5.74) is 0. The third-order valence-electron chi connectivity index (χ3n) is 4.33. The molecule has 0 unspecified atom stereocenters. The van der Waals surface area contributed by atoms with E-state index in [0.717, 1.165) is 44.7 Å². The Kier molecular flexibility index (Phi) is 4.71. The molecule has 0 spiro atoms. The molecule has 0 aromatic carbocycles. The first-order valence-electron chi connectivity index (χ1n) is 8.16. The van der Waals surface area contributed by atoms with Gasteiger partial charge in [-0.25, -0.2) is 14.4 Å². The lowest BCUT2D eigenvalue weighted by Crippen LogP contribution is -2.36. The van der Waals surface area contributed by atoms with E-state index in [4.69, 9.17) is 0 Å². The number of aromatic nitrogens is 3. The topological polar surface area (TPSA) is 34.0 Å². The number of piperidine rings is 1. The molecule has 1 saturated heterocycles. The highest BCUT2D eigenvalue weighted by molar-refractivity contribution is 5.40. The summed E-state index contributed by atoms with van der Waals surface area (Å²) >= 11 is 0. The molecule has 0 N–H and O–H groups in total. The van der Waals surface area contributed by atoms with E-state index < -0.39 is 0 Å². The molecule has 0 radical (unpaired) electrons. The van der Waals surface area contributed by atoms with E-state index >= 15 is 0 Å². The fraction of sp³-hybridized carbons (Fsp3) is 0.529. The van der Waals surface area contributed by atoms with Gasteiger partial charge in [-0.15, -0.1) is 0 Å². The highest BCUT2D eigenvalue weighted by Crippen LogP contribution is 2.29. The van der Waals surface area contributed by atoms with Crippen LogP contribution in [0.4, 0.5) is 10.2 Å². The number of imidazole rings is 1. The number of pyridine rings is 1. The first kappa shape index (κ1) is 15.0. The van der Waals surface area contributed by atoms with Crippen LogP contribution in [0, 0.1) is 5.82 Å². The highest BCUT2D eigenvalue weighted by atomic mass is 19.1. The van der Waals surface area contributed by atoms with Gasteiger partial charge in [0.05, 0.1) is 0 Å². The SMILES string of the molecule is CCCCn1ccnc1[C@H]1CCCN(c2ncccc2F)C1. The fourth-order valence-corrected chi connectivity index (χ4v) is 3.19. The summed E-state index contributed by atoms with van der Waals surface area (Å²) in [6.07, 6.45) is 10.1. The van der Waals surface area contributed by atoms with Crippen molar-refractivity contribution in [3.63, 3.8) is 0 Å². The minimum absolute atomic E-state index is 0.238. The van der Waals surface area contributed by atoms with Crippen LogP contribution in [0.25, 0.3) is 0 Å². The first-order valence-corrected chi connectivity index (χ1v) is 8.16. The summed E-state index contributed by atoms with van der Waals surface area (Å²) in [6, 6.07) is 3.12. The van der Waals surface area contributed by atoms with Gasteiger partial charge in [0.2, 0.25) is 0 Å². The molecular formula is C17H23FN4. The number of nitrogens with zero attached hydrogens (tertiary/aromatic N) is 4. The Hall–Kier alpha value is -1.91. The zero-order valence-electron chi connectivity index (χ0n) is 13.1. The van der Waals surface area contributed by atoms with Crippen molar-refractivity contribution in [1.82, 2.24) is 14.5 Å². The smallest absolute Gasteiger partial charge is 0.165 e. The Morgan fingerprint density at radius 1 is 1.32 bits per heavy atom. The summed E-state index contributed by atoms with van der Waals surface area (Å²) in [6.45, 7) is 4.86. The molecule has 1 atom stereocenters. The summed E-state index contributed by atoms with van der Waals surface area (Å²) in [5.74, 6) is 1.72. The van der Waals surface area contributed by atoms with Gasteiger partial charge in [0.15, 0.2) is 11.6 Å². The van der Waals surface area contributed by atoms with Gasteiger partial charge in [-0.05, 0) is 31.4 Å². The maximum Gasteiger partial charge on any atom is 0.165 e. The Labute approximate surface area is 131 Å². The quantitative estimate of drug-likeness (QED) is 0.846. The molecule has 5 heteroatoms. The zero-order valence-corrected chi connectivity index (χ0v) is 13.1. The van der Waals surface area contributed by atoms with E-state index in [0.29, 0.717) is 11.7 Å². The van der Waals surface area contributed by atoms with Crippen LogP contribution in [0.1, 0.15) is 44.3 Å². The minimum Gasteiger partial charge on any atom is -0.353 e. The number of hydrogen-bond donors (Lipinski definition) is 0. The summed E-state index contributed by atoms with van der Waals surface area (Å²) in [4.78, 5) is 10.8. The van der Waals surface area contributed by atoms with Crippen molar-refractivity contribution in [2.45, 2.75) is 45.1 Å². The molecule has 2 aromatic heterocycles. The molecule has 2 aromatic rings. The maximum absolute atomic E-state index is 14.0. The number of rotatable bonds is 5. The molecule has 0 aliphatic carbocycles. The molecule has 22 heavy (non-hydrogen) atoms. The Morgan fingerprint density at radius 2 is 2.23 bits per heavy atom. The van der Waals surface area contributed by atoms with Crippen molar-refractivity contribution in [2.75, 3.05) is 18.0 Å². The molecule has 3 heterocycles. The number of aryl methyl sites for hydroxylation is 1. The average molecular weight is 302 g/mol. The van der Waals surface area contributed by atoms with Crippen molar-refractivity contribution >= 4 is 5.82 Å². The van der Waals surface area contributed by atoms with Crippen LogP contribution in [0.15, 0.2) is 30.7 Å². The van der Waals surface area contributed by atoms with Crippen molar-refractivity contribution in [3.8, 4) is 0 Å². The molecule has 1 fully saturated rings. The second kappa shape index (κ2) is 6.90. The summed E-state index contributed by atoms with van der Waals surface area (Å²) in [7, 11) is 0. The number of anilines is 1. The molecule has 1 aliphatic heterocycles. The van der Waals surface area contributed by atoms with Crippen LogP contribution in [0.5, 0.6) is 0 Å². The van der Waals surface area contributed by atoms with Gasteiger partial charge in [-0.2, -0.15) is 0 Å². The predicted molar refractivity (Wildman–Crippen MR) is 85.5 cm³/mol. The largest absolute Gasteiger partial charge is 0.353 e. The minimum atomic E-state index is -0.238. The van der Waals surface area contributed by atoms with Crippen LogP contribution in [-0.4, -0.2) is 27.6 Å². The van der Waals surface area contributed by atoms with E-state index in [1.54, 1.807) is 12.3 Å². The van der Waals surface area contributed by atoms with Crippen LogP contribution < -0.4 is 4.90 Å². The van der Waals surface area contributed by atoms with Gasteiger partial charge in [0, 0.05) is 44.1 Å². The maximum atomic E-state index is 14.0. The third kappa shape index (κ3) is 3.13. The molecule has 3 rings (SSSR count). The molecule has 118 valence electrons. The lowest BCUT2D eigenvalue weighted by Gasteiger charge is -2.33. The van der Waals surface area contributed by atoms with E-state index in [-0.39, 0.29) is 5.82 Å². The van der Waals surface area contributed by atoms with Crippen molar-refractivity contribution in [1.29, 1.82) is 0 Å². The van der Waals surface area contributed by atoms with Gasteiger partial charge >= 0.3 is 0 Å². The summed E-state index contributed by atoms with van der Waals surface area (Å²) < 4.78 is 16.2. The van der Waals surface area contributed by atoms with E-state index in [9.17, 15) is 4.39 Å². The fourth-order valence-electron chi connectivity index (χ4n) is 3.19. The van der Waals surface area contributed by atoms with Gasteiger partial charge in [0.1, 0.15) is 5.82 Å². The van der Waals surface area contributed by atoms with Crippen LogP contribution in [0.2, 0.25) is 0 Å². The predicted octanol–water partition coefficient (Wildman–Crippen LogP) is 3.60. The van der Waals surface area contributed by atoms with Crippen molar-refractivity contribution in [3.05, 3.63) is 42.4 Å². The molecular weight excluding hydrogens is 279 g/mol. The van der Waals surface area contributed by atoms with E-state index in [2.05, 4.69) is 32.6 Å². The van der Waals surface area contributed by atoms with Gasteiger partial charge in [-0.1, -0.05) is 13.3 Å². The Balaban J connectivity index is 1.76. The van der Waals surface area contributed by atoms with Gasteiger partial charge in [-0.3, -0.25) is 0 Å². The molecule has 0 bridgehead atoms. The molecule has 4 nitrogen and oxygen atoms in total. The van der Waals surface area contributed by atoms with Crippen LogP contribution in [0.3, 0.4) is 0 Å². The molecule has 0 saturated carbocycles. The lowest BCUT2D eigenvalue weighted by molar-refractivity contribution is 0.458. The number of hydrogen-bond acceptors (Lipinski definition) is 3. The van der Waals surface area contributed by atoms with E-state index in [1.807, 2.05) is 6.20 Å². The average Bonchev–Trinajstić information content (AvgIpc) is 3.02. The monoisotopic (exact) mass is 302 g/mol. The molecule has 0 amide bonds. The van der Waals surface area contributed by atoms with Crippen molar-refractivity contribution in [2.24, 2.45) is 0 Å². The third-order valence-corrected chi connectivity index (χ3v) is 4.33. The van der Waals surface area contributed by atoms with Gasteiger partial charge < -0.3 is 9.47 Å². The zero-order chi connectivity index (χ0) is 15.4. The van der Waals surface area contributed by atoms with Crippen molar-refractivity contribution < 1.29 is 4.39 Å². The number of unbranched alkanes of at least 4 members (excludes halogenated alkanes) is 1. The van der Waals surface area contributed by atoms with Crippen LogP contribution in [-0.2, 0) is 6.54 Å². The Bertz CT molecular complexity index is 610. The normalized spacial score (nSPS) is 18.6. The number of halogens is 1. The van der Waals surface area contributed by atoms with Gasteiger partial charge in [0.25, 0.3) is 0 Å². The second-order valence-corrected chi connectivity index (χ2v) is 5.93. The van der Waals surface area contributed by atoms with Crippen LogP contribution >= 0.6 is 0 Å². The lowest BCUT2D eigenvalue weighted by atomic mass is 9.97. The summed E-state index contributed by atoms with van der Waals surface area (Å²) in [5, 5.41) is 0. The standard InChI is InChI=1S/C17H23FN4/c1-2-3-10-21-12-9-20-16(21)14-6-5-11-22(13-14)17-15(18)7-4-8-19-17/h4,7-9,12,14H,2-3,5-6,10-11,13H2,1H3/t14-/m0/s1. The molecule has 1 aliphatic rings. The first-order chi connectivity index (χ1) is 10.8. The van der Waals surface area contributed by atoms with E-state index in [1.165, 1.54) is 12.5 Å².